The molecular formula is C45H50O6. The fourth-order valence-corrected chi connectivity index (χ4v) is 5.69. The monoisotopic (exact) mass is 686 g/mol. The largest absolute Gasteiger partial charge is 0.494 e. The van der Waals surface area contributed by atoms with Gasteiger partial charge in [-0.05, 0) is 94.1 Å². The van der Waals surface area contributed by atoms with Gasteiger partial charge in [-0.15, -0.1) is 0 Å². The summed E-state index contributed by atoms with van der Waals surface area (Å²) in [5.41, 5.74) is 7.87. The van der Waals surface area contributed by atoms with Gasteiger partial charge < -0.3 is 18.9 Å². The van der Waals surface area contributed by atoms with E-state index in [1.807, 2.05) is 18.2 Å². The molecule has 0 bridgehead atoms. The van der Waals surface area contributed by atoms with Gasteiger partial charge in [-0.2, -0.15) is 0 Å². The lowest BCUT2D eigenvalue weighted by molar-refractivity contribution is -0.137. The zero-order valence-corrected chi connectivity index (χ0v) is 30.1. The van der Waals surface area contributed by atoms with Gasteiger partial charge >= 0.3 is 5.97 Å². The maximum absolute atomic E-state index is 12.2. The molecule has 0 spiro atoms. The minimum atomic E-state index is -0.448. The van der Waals surface area contributed by atoms with Crippen LogP contribution in [0.4, 0.5) is 0 Å². The van der Waals surface area contributed by atoms with Crippen molar-refractivity contribution in [3.63, 3.8) is 0 Å². The van der Waals surface area contributed by atoms with Crippen LogP contribution in [0.15, 0.2) is 123 Å². The highest BCUT2D eigenvalue weighted by Gasteiger charge is 2.12. The van der Waals surface area contributed by atoms with Crippen molar-refractivity contribution in [1.29, 1.82) is 0 Å². The quantitative estimate of drug-likeness (QED) is 0.0270. The standard InChI is InChI=1S/C45H50O6/c1-7-12-38-26-34(13-17-39(38)27-36-14-18-41-29-37(15-19-40(41)28-36)30-42(46)32(4)5)25-35-16-20-43(49-22-10-21-48-33(6)8-2)44(31-35)50-23-11-24-51-45(47)9-3/h8-9,13-20,26,28-29,31H,2-4,6-7,10-12,21-25,27,30H2,1,5H3. The summed E-state index contributed by atoms with van der Waals surface area (Å²) < 4.78 is 22.8. The Hall–Kier alpha value is -5.36. The molecule has 4 rings (SSSR count). The zero-order valence-electron chi connectivity index (χ0n) is 30.1. The van der Waals surface area contributed by atoms with E-state index in [4.69, 9.17) is 18.9 Å². The SMILES string of the molecule is C=CC(=C)OCCCOc1ccc(Cc2ccc(Cc3ccc4cc(CC(=O)C(=C)C)ccc4c3)c(CCC)c2)cc1OCCCOC(=O)C=C. The molecule has 0 amide bonds. The van der Waals surface area contributed by atoms with Gasteiger partial charge in [-0.1, -0.05) is 100 Å². The lowest BCUT2D eigenvalue weighted by Gasteiger charge is -2.16. The van der Waals surface area contributed by atoms with Crippen LogP contribution < -0.4 is 9.47 Å². The molecule has 4 aromatic carbocycles. The summed E-state index contributed by atoms with van der Waals surface area (Å²) >= 11 is 0. The van der Waals surface area contributed by atoms with Gasteiger partial charge in [-0.3, -0.25) is 4.79 Å². The van der Waals surface area contributed by atoms with E-state index < -0.39 is 5.97 Å². The first kappa shape index (κ1) is 38.4. The van der Waals surface area contributed by atoms with Crippen molar-refractivity contribution in [2.75, 3.05) is 26.4 Å². The number of fused-ring (bicyclic) bond motifs is 1. The lowest BCUT2D eigenvalue weighted by Crippen LogP contribution is -2.08. The van der Waals surface area contributed by atoms with Crippen molar-refractivity contribution in [2.45, 2.75) is 58.8 Å². The molecule has 0 saturated carbocycles. The van der Waals surface area contributed by atoms with E-state index in [1.165, 1.54) is 27.6 Å². The van der Waals surface area contributed by atoms with Crippen LogP contribution in [0.3, 0.4) is 0 Å². The molecule has 6 nitrogen and oxygen atoms in total. The van der Waals surface area contributed by atoms with E-state index in [-0.39, 0.29) is 12.4 Å². The average molecular weight is 687 g/mol. The minimum Gasteiger partial charge on any atom is -0.494 e. The third-order valence-corrected chi connectivity index (χ3v) is 8.43. The first-order chi connectivity index (χ1) is 24.7. The molecule has 0 saturated heterocycles. The first-order valence-corrected chi connectivity index (χ1v) is 17.6. The topological polar surface area (TPSA) is 71.1 Å². The number of benzene rings is 4. The molecule has 0 aliphatic heterocycles. The number of ketones is 1. The summed E-state index contributed by atoms with van der Waals surface area (Å²) in [5, 5.41) is 2.30. The molecule has 0 N–H and O–H groups in total. The summed E-state index contributed by atoms with van der Waals surface area (Å²) in [7, 11) is 0. The molecule has 51 heavy (non-hydrogen) atoms. The Kier molecular flexibility index (Phi) is 14.9. The highest BCUT2D eigenvalue weighted by molar-refractivity contribution is 5.96. The van der Waals surface area contributed by atoms with Crippen molar-refractivity contribution < 1.29 is 28.5 Å². The Morgan fingerprint density at radius 3 is 1.94 bits per heavy atom. The number of hydrogen-bond acceptors (Lipinski definition) is 6. The van der Waals surface area contributed by atoms with Crippen LogP contribution in [-0.2, 0) is 44.7 Å². The second-order valence-electron chi connectivity index (χ2n) is 12.7. The molecular weight excluding hydrogens is 636 g/mol. The van der Waals surface area contributed by atoms with Crippen LogP contribution in [0.25, 0.3) is 10.8 Å². The van der Waals surface area contributed by atoms with Crippen molar-refractivity contribution in [1.82, 2.24) is 0 Å². The number of ether oxygens (including phenoxy) is 4. The number of carbonyl (C=O) groups is 2. The van der Waals surface area contributed by atoms with Crippen LogP contribution >= 0.6 is 0 Å². The highest BCUT2D eigenvalue weighted by Crippen LogP contribution is 2.31. The lowest BCUT2D eigenvalue weighted by atomic mass is 9.92. The molecule has 0 aliphatic carbocycles. The molecule has 0 heterocycles. The fourth-order valence-electron chi connectivity index (χ4n) is 5.69. The maximum atomic E-state index is 12.2. The summed E-state index contributed by atoms with van der Waals surface area (Å²) in [4.78, 5) is 23.6. The fraction of sp³-hybridized carbons (Fsp3) is 0.289. The number of aryl methyl sites for hydroxylation is 1. The number of rotatable bonds is 22. The predicted molar refractivity (Wildman–Crippen MR) is 207 cm³/mol. The number of carbonyl (C=O) groups excluding carboxylic acids is 2. The average Bonchev–Trinajstić information content (AvgIpc) is 3.12. The van der Waals surface area contributed by atoms with Gasteiger partial charge in [0.2, 0.25) is 0 Å². The number of allylic oxidation sites excluding steroid dienone is 2. The highest BCUT2D eigenvalue weighted by atomic mass is 16.5. The van der Waals surface area contributed by atoms with Gasteiger partial charge in [0, 0.05) is 25.3 Å². The molecule has 0 unspecified atom stereocenters. The van der Waals surface area contributed by atoms with Crippen molar-refractivity contribution in [2.24, 2.45) is 0 Å². The van der Waals surface area contributed by atoms with Gasteiger partial charge in [0.1, 0.15) is 5.76 Å². The third kappa shape index (κ3) is 12.2. The van der Waals surface area contributed by atoms with E-state index in [2.05, 4.69) is 87.8 Å². The van der Waals surface area contributed by atoms with Gasteiger partial charge in [0.15, 0.2) is 17.3 Å². The van der Waals surface area contributed by atoms with Crippen LogP contribution in [0, 0.1) is 0 Å². The van der Waals surface area contributed by atoms with Crippen LogP contribution in [0.2, 0.25) is 0 Å². The van der Waals surface area contributed by atoms with Crippen molar-refractivity contribution in [3.8, 4) is 11.5 Å². The molecule has 0 aromatic heterocycles. The maximum Gasteiger partial charge on any atom is 0.330 e. The number of esters is 1. The summed E-state index contributed by atoms with van der Waals surface area (Å²) in [5.74, 6) is 1.46. The zero-order chi connectivity index (χ0) is 36.6. The number of Topliss-reactive ketones (excluding diaryl/α,β-unsaturated/α-hetero) is 1. The Morgan fingerprint density at radius 1 is 0.647 bits per heavy atom. The summed E-state index contributed by atoms with van der Waals surface area (Å²) in [6.45, 7) is 20.1. The normalized spacial score (nSPS) is 10.7. The third-order valence-electron chi connectivity index (χ3n) is 8.43. The first-order valence-electron chi connectivity index (χ1n) is 17.6. The van der Waals surface area contributed by atoms with Gasteiger partial charge in [0.05, 0.1) is 26.4 Å². The van der Waals surface area contributed by atoms with Crippen LogP contribution in [-0.4, -0.2) is 38.2 Å². The van der Waals surface area contributed by atoms with Crippen LogP contribution in [0.1, 0.15) is 66.5 Å². The summed E-state index contributed by atoms with van der Waals surface area (Å²) in [6, 6.07) is 25.7. The van der Waals surface area contributed by atoms with E-state index in [0.29, 0.717) is 61.9 Å². The summed E-state index contributed by atoms with van der Waals surface area (Å²) in [6.07, 6.45) is 7.97. The van der Waals surface area contributed by atoms with E-state index >= 15 is 0 Å². The molecule has 0 aliphatic rings. The molecule has 6 heteroatoms. The van der Waals surface area contributed by atoms with E-state index in [0.717, 1.165) is 48.3 Å². The molecule has 4 aromatic rings. The smallest absolute Gasteiger partial charge is 0.330 e. The molecule has 266 valence electrons. The van der Waals surface area contributed by atoms with Gasteiger partial charge in [0.25, 0.3) is 0 Å². The Morgan fingerprint density at radius 2 is 1.25 bits per heavy atom. The minimum absolute atomic E-state index is 0.0720. The van der Waals surface area contributed by atoms with Crippen molar-refractivity contribution >= 4 is 22.5 Å². The van der Waals surface area contributed by atoms with Gasteiger partial charge in [-0.25, -0.2) is 4.79 Å². The molecule has 0 atom stereocenters. The number of hydrogen-bond donors (Lipinski definition) is 0. The Labute approximate surface area is 303 Å². The van der Waals surface area contributed by atoms with Crippen LogP contribution in [0.5, 0.6) is 11.5 Å². The van der Waals surface area contributed by atoms with E-state index in [9.17, 15) is 9.59 Å². The molecule has 0 radical (unpaired) electrons. The Bertz CT molecular complexity index is 1870. The van der Waals surface area contributed by atoms with E-state index in [1.54, 1.807) is 13.0 Å². The van der Waals surface area contributed by atoms with Crippen molar-refractivity contribution in [3.05, 3.63) is 156 Å². The second-order valence-corrected chi connectivity index (χ2v) is 12.7. The predicted octanol–water partition coefficient (Wildman–Crippen LogP) is 9.64. The molecule has 0 fully saturated rings. The Balaban J connectivity index is 1.46. The second kappa shape index (κ2) is 19.7.